The zero-order chi connectivity index (χ0) is 10.4. The molecule has 3 nitrogen and oxygen atoms in total. The molecule has 3 rings (SSSR count). The number of nitrogens with one attached hydrogen (secondary N) is 1. The van der Waals surface area contributed by atoms with Crippen LogP contribution in [-0.4, -0.2) is 16.0 Å². The van der Waals surface area contributed by atoms with E-state index in [0.29, 0.717) is 5.92 Å². The summed E-state index contributed by atoms with van der Waals surface area (Å²) < 4.78 is 0. The Morgan fingerprint density at radius 3 is 2.93 bits per heavy atom. The number of carbonyl (C=O) groups excluding carboxylic acids is 1. The number of H-pyrrole nitrogens is 1. The third-order valence-corrected chi connectivity index (χ3v) is 2.98. The summed E-state index contributed by atoms with van der Waals surface area (Å²) in [4.78, 5) is 11.3. The van der Waals surface area contributed by atoms with Crippen LogP contribution in [0.2, 0.25) is 0 Å². The van der Waals surface area contributed by atoms with E-state index in [1.165, 1.54) is 18.5 Å². The zero-order valence-electron chi connectivity index (χ0n) is 8.58. The molecule has 76 valence electrons. The first-order chi connectivity index (χ1) is 7.25. The van der Waals surface area contributed by atoms with Crippen molar-refractivity contribution in [1.29, 1.82) is 0 Å². The molecule has 0 atom stereocenters. The van der Waals surface area contributed by atoms with Gasteiger partial charge in [-0.15, -0.1) is 0 Å². The van der Waals surface area contributed by atoms with Crippen molar-refractivity contribution in [3.63, 3.8) is 0 Å². The fraction of sp³-hybridized carbons (Fsp3) is 0.333. The number of carbonyl (C=O) groups is 1. The van der Waals surface area contributed by atoms with Crippen LogP contribution >= 0.6 is 0 Å². The molecule has 1 fully saturated rings. The first-order valence-corrected chi connectivity index (χ1v) is 5.24. The Labute approximate surface area is 87.5 Å². The first-order valence-electron chi connectivity index (χ1n) is 5.24. The highest BCUT2D eigenvalue weighted by molar-refractivity contribution is 5.98. The van der Waals surface area contributed by atoms with Gasteiger partial charge >= 0.3 is 0 Å². The summed E-state index contributed by atoms with van der Waals surface area (Å²) >= 11 is 0. The van der Waals surface area contributed by atoms with Gasteiger partial charge in [-0.1, -0.05) is 0 Å². The second kappa shape index (κ2) is 2.92. The number of nitrogens with zero attached hydrogens (tertiary/aromatic N) is 1. The van der Waals surface area contributed by atoms with Gasteiger partial charge in [0.2, 0.25) is 0 Å². The number of benzene rings is 1. The number of hydrogen-bond acceptors (Lipinski definition) is 2. The third kappa shape index (κ3) is 1.35. The fourth-order valence-corrected chi connectivity index (χ4v) is 1.93. The van der Waals surface area contributed by atoms with Gasteiger partial charge in [-0.2, -0.15) is 5.10 Å². The van der Waals surface area contributed by atoms with Crippen molar-refractivity contribution in [2.45, 2.75) is 25.7 Å². The number of Topliss-reactive ketones (excluding diaryl/α,β-unsaturated/α-hetero) is 1. The number of hydrogen-bond donors (Lipinski definition) is 1. The summed E-state index contributed by atoms with van der Waals surface area (Å²) in [5.74, 6) is 0.747. The summed E-state index contributed by atoms with van der Waals surface area (Å²) in [7, 11) is 0. The molecule has 0 bridgehead atoms. The van der Waals surface area contributed by atoms with Crippen molar-refractivity contribution >= 4 is 16.7 Å². The maximum Gasteiger partial charge on any atom is 0.159 e. The van der Waals surface area contributed by atoms with Crippen LogP contribution in [0.4, 0.5) is 0 Å². The monoisotopic (exact) mass is 200 g/mol. The van der Waals surface area contributed by atoms with Gasteiger partial charge in [0.15, 0.2) is 5.78 Å². The van der Waals surface area contributed by atoms with E-state index in [4.69, 9.17) is 0 Å². The predicted octanol–water partition coefficient (Wildman–Crippen LogP) is 2.64. The SMILES string of the molecule is CC(=O)c1ccc2n[nH]c(C3CC3)c2c1. The van der Waals surface area contributed by atoms with Crippen molar-refractivity contribution in [3.8, 4) is 0 Å². The van der Waals surface area contributed by atoms with Crippen LogP contribution in [0.3, 0.4) is 0 Å². The van der Waals surface area contributed by atoms with Gasteiger partial charge in [0.05, 0.1) is 5.52 Å². The molecule has 0 amide bonds. The molecule has 0 aliphatic heterocycles. The van der Waals surface area contributed by atoms with Crippen LogP contribution in [0.25, 0.3) is 10.9 Å². The molecule has 1 aromatic carbocycles. The minimum absolute atomic E-state index is 0.111. The third-order valence-electron chi connectivity index (χ3n) is 2.98. The Balaban J connectivity index is 2.21. The summed E-state index contributed by atoms with van der Waals surface area (Å²) in [6, 6.07) is 5.70. The van der Waals surface area contributed by atoms with Crippen LogP contribution in [0.5, 0.6) is 0 Å². The summed E-state index contributed by atoms with van der Waals surface area (Å²) in [5, 5.41) is 8.44. The molecule has 3 heteroatoms. The van der Waals surface area contributed by atoms with Crippen LogP contribution in [0.1, 0.15) is 41.7 Å². The quantitative estimate of drug-likeness (QED) is 0.757. The molecule has 15 heavy (non-hydrogen) atoms. The van der Waals surface area contributed by atoms with Crippen molar-refractivity contribution in [1.82, 2.24) is 10.2 Å². The minimum atomic E-state index is 0.111. The highest BCUT2D eigenvalue weighted by atomic mass is 16.1. The predicted molar refractivity (Wildman–Crippen MR) is 58.1 cm³/mol. The van der Waals surface area contributed by atoms with Crippen molar-refractivity contribution < 1.29 is 4.79 Å². The van der Waals surface area contributed by atoms with Crippen molar-refractivity contribution in [3.05, 3.63) is 29.5 Å². The van der Waals surface area contributed by atoms with E-state index in [0.717, 1.165) is 16.5 Å². The molecule has 0 spiro atoms. The van der Waals surface area contributed by atoms with Crippen LogP contribution in [-0.2, 0) is 0 Å². The number of rotatable bonds is 2. The van der Waals surface area contributed by atoms with E-state index >= 15 is 0 Å². The highest BCUT2D eigenvalue weighted by Gasteiger charge is 2.27. The van der Waals surface area contributed by atoms with Crippen molar-refractivity contribution in [2.24, 2.45) is 0 Å². The van der Waals surface area contributed by atoms with Crippen molar-refractivity contribution in [2.75, 3.05) is 0 Å². The van der Waals surface area contributed by atoms with Gasteiger partial charge in [0.25, 0.3) is 0 Å². The van der Waals surface area contributed by atoms with Gasteiger partial charge in [0.1, 0.15) is 0 Å². The number of fused-ring (bicyclic) bond motifs is 1. The van der Waals surface area contributed by atoms with Crippen LogP contribution in [0, 0.1) is 0 Å². The Morgan fingerprint density at radius 1 is 1.47 bits per heavy atom. The molecule has 1 aliphatic rings. The van der Waals surface area contributed by atoms with E-state index < -0.39 is 0 Å². The Bertz CT molecular complexity index is 538. The molecule has 1 aromatic heterocycles. The van der Waals surface area contributed by atoms with Crippen LogP contribution in [0.15, 0.2) is 18.2 Å². The molecule has 1 aliphatic carbocycles. The molecule has 0 unspecified atom stereocenters. The first kappa shape index (κ1) is 8.65. The standard InChI is InChI=1S/C12H12N2O/c1-7(15)9-4-5-11-10(6-9)12(14-13-11)8-2-3-8/h4-6,8H,2-3H2,1H3,(H,13,14). The molecule has 1 N–H and O–H groups in total. The summed E-state index contributed by atoms with van der Waals surface area (Å²) in [5.41, 5.74) is 2.93. The van der Waals surface area contributed by atoms with E-state index in [-0.39, 0.29) is 5.78 Å². The molecule has 0 saturated heterocycles. The molecule has 0 radical (unpaired) electrons. The van der Waals surface area contributed by atoms with Gasteiger partial charge in [-0.25, -0.2) is 0 Å². The molecule has 2 aromatic rings. The second-order valence-corrected chi connectivity index (χ2v) is 4.20. The number of aromatic nitrogens is 2. The lowest BCUT2D eigenvalue weighted by molar-refractivity contribution is 0.101. The van der Waals surface area contributed by atoms with Gasteiger partial charge in [0, 0.05) is 22.6 Å². The molecular weight excluding hydrogens is 188 g/mol. The van der Waals surface area contributed by atoms with E-state index in [2.05, 4.69) is 10.2 Å². The minimum Gasteiger partial charge on any atom is -0.295 e. The Hall–Kier alpha value is -1.64. The molecular formula is C12H12N2O. The van der Waals surface area contributed by atoms with Gasteiger partial charge < -0.3 is 0 Å². The average molecular weight is 200 g/mol. The van der Waals surface area contributed by atoms with Gasteiger partial charge in [-0.05, 0) is 38.0 Å². The number of aromatic amines is 1. The fourth-order valence-electron chi connectivity index (χ4n) is 1.93. The second-order valence-electron chi connectivity index (χ2n) is 4.20. The Kier molecular flexibility index (Phi) is 1.69. The maximum atomic E-state index is 11.3. The highest BCUT2D eigenvalue weighted by Crippen LogP contribution is 2.41. The summed E-state index contributed by atoms with van der Waals surface area (Å²) in [6.45, 7) is 1.60. The maximum absolute atomic E-state index is 11.3. The largest absolute Gasteiger partial charge is 0.295 e. The zero-order valence-corrected chi connectivity index (χ0v) is 8.58. The lowest BCUT2D eigenvalue weighted by Gasteiger charge is -1.97. The lowest BCUT2D eigenvalue weighted by atomic mass is 10.1. The molecule has 1 saturated carbocycles. The average Bonchev–Trinajstić information content (AvgIpc) is 2.98. The summed E-state index contributed by atoms with van der Waals surface area (Å²) in [6.07, 6.45) is 2.48. The Morgan fingerprint density at radius 2 is 2.27 bits per heavy atom. The lowest BCUT2D eigenvalue weighted by Crippen LogP contribution is -1.91. The van der Waals surface area contributed by atoms with E-state index in [9.17, 15) is 4.79 Å². The topological polar surface area (TPSA) is 45.8 Å². The van der Waals surface area contributed by atoms with E-state index in [1.54, 1.807) is 6.92 Å². The van der Waals surface area contributed by atoms with Gasteiger partial charge in [-0.3, -0.25) is 9.89 Å². The molecule has 1 heterocycles. The van der Waals surface area contributed by atoms with E-state index in [1.807, 2.05) is 18.2 Å². The van der Waals surface area contributed by atoms with Crippen LogP contribution < -0.4 is 0 Å². The smallest absolute Gasteiger partial charge is 0.159 e. The number of ketones is 1. The normalized spacial score (nSPS) is 15.8.